The van der Waals surface area contributed by atoms with Gasteiger partial charge in [0.2, 0.25) is 0 Å². The van der Waals surface area contributed by atoms with E-state index in [9.17, 15) is 4.79 Å². The molecule has 0 atom stereocenters. The third-order valence-electron chi connectivity index (χ3n) is 6.55. The predicted octanol–water partition coefficient (Wildman–Crippen LogP) is 4.20. The lowest BCUT2D eigenvalue weighted by atomic mass is 10.0. The number of hydrogen-bond donors (Lipinski definition) is 0. The first kappa shape index (κ1) is 23.4. The first-order valence-corrected chi connectivity index (χ1v) is 12.1. The number of ether oxygens (including phenoxy) is 1. The molecule has 6 nitrogen and oxygen atoms in total. The summed E-state index contributed by atoms with van der Waals surface area (Å²) in [6, 6.07) is 6.20. The van der Waals surface area contributed by atoms with Crippen LogP contribution in [0.5, 0.6) is 0 Å². The maximum atomic E-state index is 13.2. The van der Waals surface area contributed by atoms with Crippen LogP contribution in [0.15, 0.2) is 24.5 Å². The van der Waals surface area contributed by atoms with E-state index in [1.54, 1.807) is 0 Å². The highest BCUT2D eigenvalue weighted by molar-refractivity contribution is 6.42. The van der Waals surface area contributed by atoms with E-state index in [4.69, 9.17) is 27.9 Å². The maximum absolute atomic E-state index is 13.2. The molecular formula is C24H30Cl2N4O2. The molecule has 0 saturated carbocycles. The highest BCUT2D eigenvalue weighted by atomic mass is 35.5. The second-order valence-electron chi connectivity index (χ2n) is 8.57. The van der Waals surface area contributed by atoms with Gasteiger partial charge in [-0.3, -0.25) is 9.69 Å². The molecule has 1 aromatic carbocycles. The lowest BCUT2D eigenvalue weighted by Crippen LogP contribution is -2.47. The van der Waals surface area contributed by atoms with Crippen molar-refractivity contribution in [1.82, 2.24) is 19.8 Å². The number of aromatic nitrogens is 2. The molecule has 0 bridgehead atoms. The van der Waals surface area contributed by atoms with Crippen LogP contribution in [0.2, 0.25) is 10.0 Å². The zero-order valence-electron chi connectivity index (χ0n) is 18.5. The lowest BCUT2D eigenvalue weighted by Gasteiger charge is -2.38. The molecule has 0 radical (unpaired) electrons. The topological polar surface area (TPSA) is 58.6 Å². The largest absolute Gasteiger partial charge is 0.380 e. The van der Waals surface area contributed by atoms with Gasteiger partial charge in [-0.15, -0.1) is 0 Å². The zero-order valence-corrected chi connectivity index (χ0v) is 20.0. The molecule has 2 saturated heterocycles. The minimum Gasteiger partial charge on any atom is -0.380 e. The van der Waals surface area contributed by atoms with Crippen molar-refractivity contribution < 1.29 is 9.53 Å². The molecule has 2 aliphatic rings. The summed E-state index contributed by atoms with van der Waals surface area (Å²) in [5.41, 5.74) is 3.37. The van der Waals surface area contributed by atoms with Crippen LogP contribution in [0.1, 0.15) is 46.6 Å². The van der Waals surface area contributed by atoms with Crippen LogP contribution in [-0.2, 0) is 17.6 Å². The molecule has 0 aliphatic carbocycles. The van der Waals surface area contributed by atoms with Gasteiger partial charge in [-0.25, -0.2) is 9.97 Å². The van der Waals surface area contributed by atoms with Crippen LogP contribution in [0, 0.1) is 6.92 Å². The number of likely N-dealkylation sites (tertiary alicyclic amines) is 1. The van der Waals surface area contributed by atoms with Gasteiger partial charge in [-0.05, 0) is 56.7 Å². The fourth-order valence-corrected chi connectivity index (χ4v) is 4.95. The van der Waals surface area contributed by atoms with Crippen molar-refractivity contribution >= 4 is 29.1 Å². The number of nitrogens with zero attached hydrogens (tertiary/aromatic N) is 4. The molecule has 32 heavy (non-hydrogen) atoms. The molecule has 4 rings (SSSR count). The molecule has 2 fully saturated rings. The van der Waals surface area contributed by atoms with Crippen molar-refractivity contribution in [3.63, 3.8) is 0 Å². The molecule has 0 spiro atoms. The van der Waals surface area contributed by atoms with E-state index < -0.39 is 0 Å². The maximum Gasteiger partial charge on any atom is 0.272 e. The summed E-state index contributed by atoms with van der Waals surface area (Å²) >= 11 is 12.1. The molecule has 0 N–H and O–H groups in total. The monoisotopic (exact) mass is 476 g/mol. The molecule has 0 unspecified atom stereocenters. The van der Waals surface area contributed by atoms with Gasteiger partial charge in [0.05, 0.1) is 16.7 Å². The molecular weight excluding hydrogens is 447 g/mol. The molecule has 2 aliphatic heterocycles. The lowest BCUT2D eigenvalue weighted by molar-refractivity contribution is 0.0602. The van der Waals surface area contributed by atoms with Gasteiger partial charge in [-0.2, -0.15) is 0 Å². The van der Waals surface area contributed by atoms with Crippen LogP contribution in [0.25, 0.3) is 0 Å². The van der Waals surface area contributed by atoms with Gasteiger partial charge >= 0.3 is 0 Å². The number of carbonyl (C=O) groups excluding carboxylic acids is 1. The molecule has 1 amide bonds. The van der Waals surface area contributed by atoms with Gasteiger partial charge in [0, 0.05) is 50.1 Å². The summed E-state index contributed by atoms with van der Waals surface area (Å²) in [6.07, 6.45) is 6.08. The summed E-state index contributed by atoms with van der Waals surface area (Å²) in [5.74, 6) is 0.0123. The van der Waals surface area contributed by atoms with Crippen LogP contribution >= 0.6 is 23.2 Å². The Morgan fingerprint density at radius 3 is 2.66 bits per heavy atom. The minimum atomic E-state index is 0.0123. The standard InChI is InChI=1S/C24H30Cl2N4O2/c1-17-22(6-4-18-3-5-20(25)21(26)15-18)27-16-28-23(17)24(31)30-10-7-19(8-11-30)29-9-2-13-32-14-12-29/h3,5,15-16,19H,2,4,6-14H2,1H3. The van der Waals surface area contributed by atoms with E-state index in [0.717, 1.165) is 81.9 Å². The van der Waals surface area contributed by atoms with Crippen molar-refractivity contribution in [2.45, 2.75) is 45.1 Å². The predicted molar refractivity (Wildman–Crippen MR) is 127 cm³/mol. The second kappa shape index (κ2) is 10.9. The van der Waals surface area contributed by atoms with Gasteiger partial charge in [-0.1, -0.05) is 29.3 Å². The molecule has 2 aromatic rings. The van der Waals surface area contributed by atoms with Crippen LogP contribution in [-0.4, -0.2) is 71.1 Å². The molecule has 3 heterocycles. The Kier molecular flexibility index (Phi) is 8.00. The number of hydrogen-bond acceptors (Lipinski definition) is 5. The number of rotatable bonds is 5. The van der Waals surface area contributed by atoms with Gasteiger partial charge in [0.25, 0.3) is 5.91 Å². The fourth-order valence-electron chi connectivity index (χ4n) is 4.63. The first-order chi connectivity index (χ1) is 15.5. The number of piperidine rings is 1. The quantitative estimate of drug-likeness (QED) is 0.646. The first-order valence-electron chi connectivity index (χ1n) is 11.4. The Balaban J connectivity index is 1.37. The Bertz CT molecular complexity index is 940. The van der Waals surface area contributed by atoms with E-state index >= 15 is 0 Å². The SMILES string of the molecule is Cc1c(CCc2ccc(Cl)c(Cl)c2)ncnc1C(=O)N1CCC(N2CCCOCC2)CC1. The number of benzene rings is 1. The van der Waals surface area contributed by atoms with E-state index in [1.807, 2.05) is 30.0 Å². The van der Waals surface area contributed by atoms with E-state index in [1.165, 1.54) is 6.33 Å². The summed E-state index contributed by atoms with van der Waals surface area (Å²) < 4.78 is 5.58. The van der Waals surface area contributed by atoms with Crippen molar-refractivity contribution in [2.24, 2.45) is 0 Å². The highest BCUT2D eigenvalue weighted by Gasteiger charge is 2.29. The molecule has 8 heteroatoms. The van der Waals surface area contributed by atoms with Crippen LogP contribution in [0.3, 0.4) is 0 Å². The third-order valence-corrected chi connectivity index (χ3v) is 7.29. The number of amides is 1. The Morgan fingerprint density at radius 1 is 1.06 bits per heavy atom. The van der Waals surface area contributed by atoms with Crippen molar-refractivity contribution in [2.75, 3.05) is 39.4 Å². The zero-order chi connectivity index (χ0) is 22.5. The number of halogens is 2. The highest BCUT2D eigenvalue weighted by Crippen LogP contribution is 2.24. The fraction of sp³-hybridized carbons (Fsp3) is 0.542. The third kappa shape index (κ3) is 5.60. The molecule has 172 valence electrons. The van der Waals surface area contributed by atoms with Crippen molar-refractivity contribution in [3.8, 4) is 0 Å². The van der Waals surface area contributed by atoms with E-state index in [2.05, 4.69) is 14.9 Å². The van der Waals surface area contributed by atoms with Gasteiger partial charge in [0.1, 0.15) is 12.0 Å². The van der Waals surface area contributed by atoms with Gasteiger partial charge in [0.15, 0.2) is 0 Å². The summed E-state index contributed by atoms with van der Waals surface area (Å²) in [7, 11) is 0. The number of aryl methyl sites for hydroxylation is 2. The van der Waals surface area contributed by atoms with Crippen molar-refractivity contribution in [3.05, 3.63) is 57.1 Å². The minimum absolute atomic E-state index is 0.0123. The summed E-state index contributed by atoms with van der Waals surface area (Å²) in [5, 5.41) is 1.10. The Hall–Kier alpha value is -1.73. The van der Waals surface area contributed by atoms with Crippen LogP contribution in [0.4, 0.5) is 0 Å². The summed E-state index contributed by atoms with van der Waals surface area (Å²) in [4.78, 5) is 26.5. The van der Waals surface area contributed by atoms with Crippen molar-refractivity contribution in [1.29, 1.82) is 0 Å². The van der Waals surface area contributed by atoms with E-state index in [0.29, 0.717) is 28.2 Å². The van der Waals surface area contributed by atoms with E-state index in [-0.39, 0.29) is 5.91 Å². The van der Waals surface area contributed by atoms with Crippen LogP contribution < -0.4 is 0 Å². The Labute approximate surface area is 199 Å². The number of carbonyl (C=O) groups is 1. The van der Waals surface area contributed by atoms with Gasteiger partial charge < -0.3 is 9.64 Å². The smallest absolute Gasteiger partial charge is 0.272 e. The average molecular weight is 477 g/mol. The molecule has 1 aromatic heterocycles. The second-order valence-corrected chi connectivity index (χ2v) is 9.38. The normalized spacial score (nSPS) is 18.5. The summed E-state index contributed by atoms with van der Waals surface area (Å²) in [6.45, 7) is 7.23. The average Bonchev–Trinajstić information content (AvgIpc) is 3.10. The Morgan fingerprint density at radius 2 is 1.88 bits per heavy atom.